The van der Waals surface area contributed by atoms with Gasteiger partial charge in [-0.2, -0.15) is 18.4 Å². The van der Waals surface area contributed by atoms with E-state index in [9.17, 15) is 13.2 Å². The molecule has 1 aliphatic rings. The van der Waals surface area contributed by atoms with Gasteiger partial charge in [-0.3, -0.25) is 0 Å². The zero-order valence-corrected chi connectivity index (χ0v) is 13.7. The number of aryl methyl sites for hydroxylation is 1. The number of nitriles is 1. The standard InChI is InChI=1S/C18H11ClF3NO2/c1-10-6-11(9-23)2-4-14(10)24-16-8-15-12(7-13(16)19)3-5-17(25-15)18(20,21)22/h2-8,17H,1H3. The molecule has 2 aromatic carbocycles. The highest BCUT2D eigenvalue weighted by Gasteiger charge is 2.41. The summed E-state index contributed by atoms with van der Waals surface area (Å²) in [5.41, 5.74) is 1.61. The van der Waals surface area contributed by atoms with Gasteiger partial charge in [0.15, 0.2) is 0 Å². The normalized spacial score (nSPS) is 15.9. The van der Waals surface area contributed by atoms with Crippen molar-refractivity contribution >= 4 is 17.7 Å². The first-order valence-electron chi connectivity index (χ1n) is 7.21. The van der Waals surface area contributed by atoms with Crippen LogP contribution in [0.1, 0.15) is 16.7 Å². The molecule has 0 radical (unpaired) electrons. The highest BCUT2D eigenvalue weighted by molar-refractivity contribution is 6.32. The summed E-state index contributed by atoms with van der Waals surface area (Å²) in [7, 11) is 0. The lowest BCUT2D eigenvalue weighted by atomic mass is 10.1. The van der Waals surface area contributed by atoms with Crippen LogP contribution < -0.4 is 9.47 Å². The van der Waals surface area contributed by atoms with Gasteiger partial charge < -0.3 is 9.47 Å². The van der Waals surface area contributed by atoms with Gasteiger partial charge in [0.05, 0.1) is 16.7 Å². The van der Waals surface area contributed by atoms with Crippen LogP contribution in [0, 0.1) is 18.3 Å². The molecule has 0 saturated carbocycles. The molecule has 1 heterocycles. The summed E-state index contributed by atoms with van der Waals surface area (Å²) in [6.45, 7) is 1.75. The van der Waals surface area contributed by atoms with E-state index in [-0.39, 0.29) is 16.5 Å². The highest BCUT2D eigenvalue weighted by Crippen LogP contribution is 2.40. The van der Waals surface area contributed by atoms with Crippen LogP contribution >= 0.6 is 11.6 Å². The molecule has 2 aromatic rings. The van der Waals surface area contributed by atoms with E-state index in [0.29, 0.717) is 22.4 Å². The van der Waals surface area contributed by atoms with Crippen molar-refractivity contribution < 1.29 is 22.6 Å². The van der Waals surface area contributed by atoms with Gasteiger partial charge in [-0.05, 0) is 42.8 Å². The van der Waals surface area contributed by atoms with Crippen molar-refractivity contribution in [2.45, 2.75) is 19.2 Å². The summed E-state index contributed by atoms with van der Waals surface area (Å²) in [6.07, 6.45) is -4.26. The fourth-order valence-electron chi connectivity index (χ4n) is 2.36. The first-order valence-corrected chi connectivity index (χ1v) is 7.59. The summed E-state index contributed by atoms with van der Waals surface area (Å²) >= 11 is 6.16. The van der Waals surface area contributed by atoms with Crippen molar-refractivity contribution in [3.05, 3.63) is 58.1 Å². The number of alkyl halides is 3. The first kappa shape index (κ1) is 17.2. The van der Waals surface area contributed by atoms with Crippen LogP contribution in [0.5, 0.6) is 17.2 Å². The fraction of sp³-hybridized carbons (Fsp3) is 0.167. The van der Waals surface area contributed by atoms with Gasteiger partial charge in [-0.15, -0.1) is 0 Å². The Bertz CT molecular complexity index is 900. The van der Waals surface area contributed by atoms with E-state index in [4.69, 9.17) is 26.3 Å². The molecule has 0 aromatic heterocycles. The average Bonchev–Trinajstić information content (AvgIpc) is 2.55. The first-order chi connectivity index (χ1) is 11.8. The predicted octanol–water partition coefficient (Wildman–Crippen LogP) is 5.65. The minimum absolute atomic E-state index is 0.0375. The number of hydrogen-bond donors (Lipinski definition) is 0. The van der Waals surface area contributed by atoms with Crippen molar-refractivity contribution in [2.24, 2.45) is 0 Å². The van der Waals surface area contributed by atoms with Gasteiger partial charge in [-0.1, -0.05) is 17.7 Å². The molecule has 3 rings (SSSR count). The molecule has 0 aliphatic carbocycles. The van der Waals surface area contributed by atoms with Gasteiger partial charge in [0.25, 0.3) is 0 Å². The van der Waals surface area contributed by atoms with E-state index in [0.717, 1.165) is 6.08 Å². The van der Waals surface area contributed by atoms with Crippen LogP contribution in [0.4, 0.5) is 13.2 Å². The molecule has 1 unspecified atom stereocenters. The lowest BCUT2D eigenvalue weighted by molar-refractivity contribution is -0.180. The smallest absolute Gasteiger partial charge is 0.429 e. The largest absolute Gasteiger partial charge is 0.476 e. The maximum Gasteiger partial charge on any atom is 0.429 e. The molecule has 3 nitrogen and oxygen atoms in total. The Morgan fingerprint density at radius 1 is 1.20 bits per heavy atom. The van der Waals surface area contributed by atoms with Crippen LogP contribution in [-0.4, -0.2) is 12.3 Å². The number of nitrogens with zero attached hydrogens (tertiary/aromatic N) is 1. The predicted molar refractivity (Wildman–Crippen MR) is 86.9 cm³/mol. The number of halogens is 4. The van der Waals surface area contributed by atoms with Gasteiger partial charge in [0.1, 0.15) is 17.2 Å². The second-order valence-corrected chi connectivity index (χ2v) is 5.86. The van der Waals surface area contributed by atoms with Crippen LogP contribution in [0.15, 0.2) is 36.4 Å². The number of benzene rings is 2. The topological polar surface area (TPSA) is 42.2 Å². The highest BCUT2D eigenvalue weighted by atomic mass is 35.5. The number of rotatable bonds is 2. The molecule has 25 heavy (non-hydrogen) atoms. The van der Waals surface area contributed by atoms with Crippen LogP contribution in [0.3, 0.4) is 0 Å². The molecule has 0 fully saturated rings. The Morgan fingerprint density at radius 3 is 2.60 bits per heavy atom. The Morgan fingerprint density at radius 2 is 1.96 bits per heavy atom. The molecule has 0 N–H and O–H groups in total. The monoisotopic (exact) mass is 365 g/mol. The van der Waals surface area contributed by atoms with E-state index >= 15 is 0 Å². The Hall–Kier alpha value is -2.65. The zero-order valence-electron chi connectivity index (χ0n) is 12.9. The third-order valence-corrected chi connectivity index (χ3v) is 3.91. The van der Waals surface area contributed by atoms with Gasteiger partial charge in [0, 0.05) is 11.6 Å². The second kappa shape index (κ2) is 6.34. The molecule has 7 heteroatoms. The van der Waals surface area contributed by atoms with E-state index in [1.807, 2.05) is 6.07 Å². The maximum absolute atomic E-state index is 12.8. The summed E-state index contributed by atoms with van der Waals surface area (Å²) in [5.74, 6) is 0.652. The zero-order chi connectivity index (χ0) is 18.2. The van der Waals surface area contributed by atoms with Gasteiger partial charge in [-0.25, -0.2) is 0 Å². The fourth-order valence-corrected chi connectivity index (χ4v) is 2.57. The lowest BCUT2D eigenvalue weighted by Gasteiger charge is -2.24. The molecule has 0 amide bonds. The van der Waals surface area contributed by atoms with E-state index in [1.54, 1.807) is 25.1 Å². The van der Waals surface area contributed by atoms with E-state index < -0.39 is 12.3 Å². The molecule has 1 atom stereocenters. The van der Waals surface area contributed by atoms with E-state index in [1.165, 1.54) is 18.2 Å². The van der Waals surface area contributed by atoms with Gasteiger partial charge >= 0.3 is 6.18 Å². The maximum atomic E-state index is 12.8. The van der Waals surface area contributed by atoms with E-state index in [2.05, 4.69) is 0 Å². The Balaban J connectivity index is 1.92. The van der Waals surface area contributed by atoms with Crippen molar-refractivity contribution in [3.8, 4) is 23.3 Å². The Kier molecular flexibility index (Phi) is 4.36. The number of hydrogen-bond acceptors (Lipinski definition) is 3. The SMILES string of the molecule is Cc1cc(C#N)ccc1Oc1cc2c(cc1Cl)C=CC(C(F)(F)F)O2. The van der Waals surface area contributed by atoms with Crippen molar-refractivity contribution in [3.63, 3.8) is 0 Å². The Labute approximate surface area is 146 Å². The third-order valence-electron chi connectivity index (χ3n) is 3.62. The molecule has 0 saturated heterocycles. The average molecular weight is 366 g/mol. The van der Waals surface area contributed by atoms with Crippen LogP contribution in [0.25, 0.3) is 6.08 Å². The van der Waals surface area contributed by atoms with Crippen LogP contribution in [-0.2, 0) is 0 Å². The summed E-state index contributed by atoms with van der Waals surface area (Å²) in [6, 6.07) is 9.64. The molecule has 0 spiro atoms. The van der Waals surface area contributed by atoms with Crippen molar-refractivity contribution in [1.82, 2.24) is 0 Å². The van der Waals surface area contributed by atoms with Crippen molar-refractivity contribution in [1.29, 1.82) is 5.26 Å². The minimum atomic E-state index is -4.50. The molecule has 128 valence electrons. The third kappa shape index (κ3) is 3.57. The second-order valence-electron chi connectivity index (χ2n) is 5.45. The number of fused-ring (bicyclic) bond motifs is 1. The van der Waals surface area contributed by atoms with Crippen LogP contribution in [0.2, 0.25) is 5.02 Å². The molecule has 1 aliphatic heterocycles. The lowest BCUT2D eigenvalue weighted by Crippen LogP contribution is -2.33. The summed E-state index contributed by atoms with van der Waals surface area (Å²) in [5, 5.41) is 9.12. The molecule has 0 bridgehead atoms. The van der Waals surface area contributed by atoms with Gasteiger partial charge in [0.2, 0.25) is 6.10 Å². The molecular weight excluding hydrogens is 355 g/mol. The molecular formula is C18H11ClF3NO2. The minimum Gasteiger partial charge on any atom is -0.476 e. The summed E-state index contributed by atoms with van der Waals surface area (Å²) in [4.78, 5) is 0. The number of ether oxygens (including phenoxy) is 2. The summed E-state index contributed by atoms with van der Waals surface area (Å²) < 4.78 is 49.2. The quantitative estimate of drug-likeness (QED) is 0.690. The van der Waals surface area contributed by atoms with Crippen molar-refractivity contribution in [2.75, 3.05) is 0 Å².